The Hall–Kier alpha value is -0.350. The summed E-state index contributed by atoms with van der Waals surface area (Å²) in [5.74, 6) is 0.832. The lowest BCUT2D eigenvalue weighted by molar-refractivity contribution is 0.328. The van der Waals surface area contributed by atoms with Crippen molar-refractivity contribution in [2.45, 2.75) is 83.2 Å². The molecule has 1 aromatic carbocycles. The van der Waals surface area contributed by atoms with Gasteiger partial charge >= 0.3 is 0 Å². The molecule has 0 atom stereocenters. The highest BCUT2D eigenvalue weighted by Crippen LogP contribution is 2.73. The minimum absolute atomic E-state index is 0.000546. The molecule has 21 heavy (non-hydrogen) atoms. The van der Waals surface area contributed by atoms with E-state index in [0.717, 1.165) is 5.92 Å². The van der Waals surface area contributed by atoms with E-state index in [4.69, 9.17) is 0 Å². The van der Waals surface area contributed by atoms with Crippen LogP contribution in [0.4, 0.5) is 0 Å². The van der Waals surface area contributed by atoms with Crippen molar-refractivity contribution in [3.63, 3.8) is 0 Å². The molecule has 0 N–H and O–H groups in total. The Kier molecular flexibility index (Phi) is 4.61. The number of benzene rings is 1. The van der Waals surface area contributed by atoms with E-state index < -0.39 is 0 Å². The maximum atomic E-state index is 2.53. The Labute approximate surface area is 133 Å². The van der Waals surface area contributed by atoms with Crippen LogP contribution in [0, 0.1) is 5.92 Å². The van der Waals surface area contributed by atoms with Crippen LogP contribution in [0.25, 0.3) is 0 Å². The largest absolute Gasteiger partial charge is 0.0895 e. The summed E-state index contributed by atoms with van der Waals surface area (Å²) >= 11 is 0. The Bertz CT molecular complexity index is 446. The van der Waals surface area contributed by atoms with Crippen LogP contribution in [-0.2, 0) is 6.42 Å². The van der Waals surface area contributed by atoms with Crippen LogP contribution in [-0.4, -0.2) is 15.5 Å². The Morgan fingerprint density at radius 1 is 0.952 bits per heavy atom. The molecule has 0 bridgehead atoms. The normalized spacial score (nSPS) is 28.3. The van der Waals surface area contributed by atoms with E-state index in [2.05, 4.69) is 78.8 Å². The minimum atomic E-state index is -0.000546. The van der Waals surface area contributed by atoms with Crippen molar-refractivity contribution in [3.05, 3.63) is 35.9 Å². The van der Waals surface area contributed by atoms with E-state index in [-0.39, 0.29) is 7.92 Å². The third-order valence-corrected chi connectivity index (χ3v) is 8.95. The molecule has 1 fully saturated rings. The van der Waals surface area contributed by atoms with Crippen LogP contribution in [0.3, 0.4) is 0 Å². The van der Waals surface area contributed by atoms with Gasteiger partial charge in [-0.05, 0) is 46.2 Å². The van der Waals surface area contributed by atoms with Crippen molar-refractivity contribution in [2.24, 2.45) is 5.92 Å². The zero-order valence-corrected chi connectivity index (χ0v) is 15.9. The third-order valence-electron chi connectivity index (χ3n) is 4.83. The zero-order chi connectivity index (χ0) is 15.9. The van der Waals surface area contributed by atoms with Gasteiger partial charge in [0, 0.05) is 0 Å². The summed E-state index contributed by atoms with van der Waals surface area (Å²) in [4.78, 5) is 0. The van der Waals surface area contributed by atoms with Crippen molar-refractivity contribution < 1.29 is 0 Å². The quantitative estimate of drug-likeness (QED) is 0.549. The molecule has 0 aromatic heterocycles. The molecule has 1 heteroatoms. The van der Waals surface area contributed by atoms with Crippen molar-refractivity contribution >= 4 is 7.92 Å². The summed E-state index contributed by atoms with van der Waals surface area (Å²) in [5, 5.41) is 1.41. The molecule has 2 rings (SSSR count). The lowest BCUT2D eigenvalue weighted by atomic mass is 9.83. The highest BCUT2D eigenvalue weighted by Gasteiger charge is 2.51. The van der Waals surface area contributed by atoms with Gasteiger partial charge in [0.1, 0.15) is 0 Å². The molecule has 1 aliphatic heterocycles. The van der Waals surface area contributed by atoms with Gasteiger partial charge in [0.2, 0.25) is 0 Å². The van der Waals surface area contributed by atoms with Crippen LogP contribution >= 0.6 is 7.92 Å². The molecule has 118 valence electrons. The third kappa shape index (κ3) is 3.89. The molecule has 1 heterocycles. The average molecular weight is 304 g/mol. The fraction of sp³-hybridized carbons (Fsp3) is 0.700. The highest BCUT2D eigenvalue weighted by molar-refractivity contribution is 7.62. The van der Waals surface area contributed by atoms with E-state index in [1.54, 1.807) is 0 Å². The number of rotatable bonds is 2. The Balaban J connectivity index is 2.21. The van der Waals surface area contributed by atoms with Gasteiger partial charge in [0.05, 0.1) is 0 Å². The summed E-state index contributed by atoms with van der Waals surface area (Å²) in [6.07, 6.45) is 4.02. The van der Waals surface area contributed by atoms with Gasteiger partial charge in [-0.2, -0.15) is 0 Å². The van der Waals surface area contributed by atoms with Crippen molar-refractivity contribution in [1.29, 1.82) is 0 Å². The smallest absolute Gasteiger partial charge is 0.0139 e. The van der Waals surface area contributed by atoms with Gasteiger partial charge in [-0.3, -0.25) is 0 Å². The molecule has 0 saturated carbocycles. The lowest BCUT2D eigenvalue weighted by Gasteiger charge is -2.58. The molecule has 0 radical (unpaired) electrons. The standard InChI is InChI=1S/C20H33P/c1-18(2,3)21-19(4,5)14-17(15-20(21,6)7)13-16-11-9-8-10-12-16/h8-12,17H,13-15H2,1-7H3. The minimum Gasteiger partial charge on any atom is -0.0895 e. The van der Waals surface area contributed by atoms with Crippen LogP contribution < -0.4 is 0 Å². The van der Waals surface area contributed by atoms with Crippen LogP contribution in [0.5, 0.6) is 0 Å². The fourth-order valence-electron chi connectivity index (χ4n) is 5.39. The summed E-state index contributed by atoms with van der Waals surface area (Å²) < 4.78 is 0. The van der Waals surface area contributed by atoms with Gasteiger partial charge in [-0.1, -0.05) is 86.7 Å². The maximum Gasteiger partial charge on any atom is -0.0139 e. The van der Waals surface area contributed by atoms with Crippen molar-refractivity contribution in [3.8, 4) is 0 Å². The second kappa shape index (κ2) is 5.69. The summed E-state index contributed by atoms with van der Waals surface area (Å²) in [6.45, 7) is 17.5. The summed E-state index contributed by atoms with van der Waals surface area (Å²) in [7, 11) is -0.000546. The predicted molar refractivity (Wildman–Crippen MR) is 97.7 cm³/mol. The first-order valence-corrected chi connectivity index (χ1v) is 9.71. The van der Waals surface area contributed by atoms with Gasteiger partial charge in [0.25, 0.3) is 0 Å². The monoisotopic (exact) mass is 304 g/mol. The van der Waals surface area contributed by atoms with Crippen molar-refractivity contribution in [1.82, 2.24) is 0 Å². The molecule has 1 aromatic rings. The molecular weight excluding hydrogens is 271 g/mol. The Morgan fingerprint density at radius 3 is 1.86 bits per heavy atom. The van der Waals surface area contributed by atoms with Crippen LogP contribution in [0.2, 0.25) is 0 Å². The highest BCUT2D eigenvalue weighted by atomic mass is 31.1. The first-order chi connectivity index (χ1) is 9.52. The number of hydrogen-bond donors (Lipinski definition) is 0. The Morgan fingerprint density at radius 2 is 1.43 bits per heavy atom. The molecule has 1 saturated heterocycles. The molecule has 0 aliphatic carbocycles. The van der Waals surface area contributed by atoms with Gasteiger partial charge in [0.15, 0.2) is 0 Å². The maximum absolute atomic E-state index is 2.53. The molecule has 0 unspecified atom stereocenters. The van der Waals surface area contributed by atoms with Gasteiger partial charge < -0.3 is 0 Å². The van der Waals surface area contributed by atoms with Gasteiger partial charge in [-0.25, -0.2) is 0 Å². The fourth-order valence-corrected chi connectivity index (χ4v) is 11.5. The average Bonchev–Trinajstić information content (AvgIpc) is 2.23. The lowest BCUT2D eigenvalue weighted by Crippen LogP contribution is -2.45. The molecule has 0 amide bonds. The van der Waals surface area contributed by atoms with Gasteiger partial charge in [-0.15, -0.1) is 0 Å². The zero-order valence-electron chi connectivity index (χ0n) is 15.0. The van der Waals surface area contributed by atoms with E-state index in [1.165, 1.54) is 24.8 Å². The van der Waals surface area contributed by atoms with Crippen LogP contribution in [0.15, 0.2) is 30.3 Å². The molecule has 0 nitrogen and oxygen atoms in total. The van der Waals surface area contributed by atoms with Crippen LogP contribution in [0.1, 0.15) is 66.9 Å². The van der Waals surface area contributed by atoms with Crippen molar-refractivity contribution in [2.75, 3.05) is 0 Å². The van der Waals surface area contributed by atoms with E-state index in [1.807, 2.05) is 0 Å². The van der Waals surface area contributed by atoms with E-state index in [0.29, 0.717) is 15.5 Å². The SMILES string of the molecule is CC(C)(C)P1C(C)(C)CC(Cc2ccccc2)CC1(C)C. The molecule has 1 aliphatic rings. The summed E-state index contributed by atoms with van der Waals surface area (Å²) in [5.41, 5.74) is 1.51. The second-order valence-electron chi connectivity index (χ2n) is 9.10. The second-order valence-corrected chi connectivity index (χ2v) is 13.5. The number of hydrogen-bond acceptors (Lipinski definition) is 0. The van der Waals surface area contributed by atoms with E-state index in [9.17, 15) is 0 Å². The molecule has 0 spiro atoms. The molecular formula is C20H33P. The summed E-state index contributed by atoms with van der Waals surface area (Å²) in [6, 6.07) is 11.1. The van der Waals surface area contributed by atoms with E-state index >= 15 is 0 Å². The predicted octanol–water partition coefficient (Wildman–Crippen LogP) is 6.48. The topological polar surface area (TPSA) is 0 Å². The first-order valence-electron chi connectivity index (χ1n) is 8.37. The first kappa shape index (κ1) is 17.0.